The van der Waals surface area contributed by atoms with Crippen LogP contribution in [0.5, 0.6) is 0 Å². The SMILES string of the molecule is CCC1CCNC(C(O)c2ccc(C#N)cc2)C1. The van der Waals surface area contributed by atoms with Crippen molar-refractivity contribution in [1.29, 1.82) is 5.26 Å². The summed E-state index contributed by atoms with van der Waals surface area (Å²) in [5.41, 5.74) is 1.53. The highest BCUT2D eigenvalue weighted by molar-refractivity contribution is 5.32. The van der Waals surface area contributed by atoms with Crippen LogP contribution in [0.3, 0.4) is 0 Å². The van der Waals surface area contributed by atoms with Crippen LogP contribution in [0.2, 0.25) is 0 Å². The number of benzene rings is 1. The summed E-state index contributed by atoms with van der Waals surface area (Å²) in [4.78, 5) is 0. The number of aliphatic hydroxyl groups excluding tert-OH is 1. The van der Waals surface area contributed by atoms with Gasteiger partial charge in [0.25, 0.3) is 0 Å². The van der Waals surface area contributed by atoms with Crippen molar-refractivity contribution in [2.24, 2.45) is 5.92 Å². The Hall–Kier alpha value is -1.37. The Morgan fingerprint density at radius 2 is 2.17 bits per heavy atom. The molecule has 0 spiro atoms. The molecule has 3 atom stereocenters. The third-order valence-electron chi connectivity index (χ3n) is 3.89. The van der Waals surface area contributed by atoms with Gasteiger partial charge < -0.3 is 10.4 Å². The lowest BCUT2D eigenvalue weighted by Crippen LogP contribution is -2.42. The number of nitrogens with zero attached hydrogens (tertiary/aromatic N) is 1. The first-order chi connectivity index (χ1) is 8.74. The fourth-order valence-corrected chi connectivity index (χ4v) is 2.63. The van der Waals surface area contributed by atoms with E-state index in [1.165, 1.54) is 12.8 Å². The van der Waals surface area contributed by atoms with E-state index in [-0.39, 0.29) is 6.04 Å². The van der Waals surface area contributed by atoms with Crippen molar-refractivity contribution in [3.05, 3.63) is 35.4 Å². The zero-order valence-electron chi connectivity index (χ0n) is 10.8. The maximum Gasteiger partial charge on any atom is 0.0991 e. The Morgan fingerprint density at radius 3 is 2.78 bits per heavy atom. The molecule has 1 aromatic rings. The van der Waals surface area contributed by atoms with Crippen LogP contribution in [0.15, 0.2) is 24.3 Å². The van der Waals surface area contributed by atoms with Crippen LogP contribution in [0.1, 0.15) is 43.4 Å². The third kappa shape index (κ3) is 2.90. The minimum absolute atomic E-state index is 0.136. The normalized spacial score (nSPS) is 25.4. The Kier molecular flexibility index (Phi) is 4.35. The molecule has 0 aliphatic carbocycles. The molecule has 0 aromatic heterocycles. The van der Waals surface area contributed by atoms with E-state index in [2.05, 4.69) is 18.3 Å². The van der Waals surface area contributed by atoms with Crippen LogP contribution in [-0.4, -0.2) is 17.7 Å². The molecule has 3 heteroatoms. The molecule has 0 saturated carbocycles. The number of hydrogen-bond donors (Lipinski definition) is 2. The van der Waals surface area contributed by atoms with Crippen LogP contribution in [-0.2, 0) is 0 Å². The first kappa shape index (κ1) is 13.1. The third-order valence-corrected chi connectivity index (χ3v) is 3.89. The van der Waals surface area contributed by atoms with Gasteiger partial charge in [-0.1, -0.05) is 25.5 Å². The van der Waals surface area contributed by atoms with Gasteiger partial charge in [0.1, 0.15) is 0 Å². The van der Waals surface area contributed by atoms with Gasteiger partial charge in [0, 0.05) is 6.04 Å². The van der Waals surface area contributed by atoms with Gasteiger partial charge in [0.05, 0.1) is 17.7 Å². The van der Waals surface area contributed by atoms with Gasteiger partial charge in [0.15, 0.2) is 0 Å². The molecular formula is C15H20N2O. The van der Waals surface area contributed by atoms with Crippen molar-refractivity contribution in [3.63, 3.8) is 0 Å². The number of nitriles is 1. The molecule has 0 bridgehead atoms. The second-order valence-corrected chi connectivity index (χ2v) is 5.04. The molecule has 3 unspecified atom stereocenters. The van der Waals surface area contributed by atoms with Crippen molar-refractivity contribution in [2.45, 2.75) is 38.3 Å². The second kappa shape index (κ2) is 5.99. The minimum atomic E-state index is -0.480. The quantitative estimate of drug-likeness (QED) is 0.858. The summed E-state index contributed by atoms with van der Waals surface area (Å²) >= 11 is 0. The van der Waals surface area contributed by atoms with Gasteiger partial charge in [-0.25, -0.2) is 0 Å². The molecule has 2 rings (SSSR count). The van der Waals surface area contributed by atoms with E-state index in [1.807, 2.05) is 12.1 Å². The summed E-state index contributed by atoms with van der Waals surface area (Å²) < 4.78 is 0. The number of rotatable bonds is 3. The van der Waals surface area contributed by atoms with E-state index in [1.54, 1.807) is 12.1 Å². The van der Waals surface area contributed by atoms with Crippen molar-refractivity contribution >= 4 is 0 Å². The van der Waals surface area contributed by atoms with Gasteiger partial charge in [-0.2, -0.15) is 5.26 Å². The Morgan fingerprint density at radius 1 is 1.44 bits per heavy atom. The summed E-state index contributed by atoms with van der Waals surface area (Å²) in [7, 11) is 0. The summed E-state index contributed by atoms with van der Waals surface area (Å²) in [6, 6.07) is 9.45. The molecule has 1 aromatic carbocycles. The van der Waals surface area contributed by atoms with Gasteiger partial charge >= 0.3 is 0 Å². The van der Waals surface area contributed by atoms with E-state index in [0.717, 1.165) is 18.5 Å². The lowest BCUT2D eigenvalue weighted by Gasteiger charge is -2.33. The molecule has 2 N–H and O–H groups in total. The number of piperidine rings is 1. The molecule has 96 valence electrons. The maximum atomic E-state index is 10.4. The number of hydrogen-bond acceptors (Lipinski definition) is 3. The Bertz CT molecular complexity index is 421. The molecule has 1 heterocycles. The summed E-state index contributed by atoms with van der Waals surface area (Å²) in [6.07, 6.45) is 2.93. The van der Waals surface area contributed by atoms with E-state index in [4.69, 9.17) is 5.26 Å². The second-order valence-electron chi connectivity index (χ2n) is 5.04. The van der Waals surface area contributed by atoms with E-state index in [0.29, 0.717) is 11.5 Å². The Balaban J connectivity index is 2.05. The van der Waals surface area contributed by atoms with Crippen LogP contribution >= 0.6 is 0 Å². The summed E-state index contributed by atoms with van der Waals surface area (Å²) in [5.74, 6) is 0.712. The van der Waals surface area contributed by atoms with Crippen molar-refractivity contribution < 1.29 is 5.11 Å². The molecule has 1 saturated heterocycles. The van der Waals surface area contributed by atoms with E-state index in [9.17, 15) is 5.11 Å². The minimum Gasteiger partial charge on any atom is -0.387 e. The lowest BCUT2D eigenvalue weighted by molar-refractivity contribution is 0.0979. The predicted octanol–water partition coefficient (Wildman–Crippen LogP) is 2.37. The van der Waals surface area contributed by atoms with E-state index < -0.39 is 6.10 Å². The fourth-order valence-electron chi connectivity index (χ4n) is 2.63. The summed E-state index contributed by atoms with van der Waals surface area (Å²) in [6.45, 7) is 3.19. The molecular weight excluding hydrogens is 224 g/mol. The lowest BCUT2D eigenvalue weighted by atomic mass is 9.86. The van der Waals surface area contributed by atoms with Gasteiger partial charge in [-0.15, -0.1) is 0 Å². The van der Waals surface area contributed by atoms with Crippen molar-refractivity contribution in [1.82, 2.24) is 5.32 Å². The average Bonchev–Trinajstić information content (AvgIpc) is 2.46. The van der Waals surface area contributed by atoms with Crippen LogP contribution in [0.25, 0.3) is 0 Å². The van der Waals surface area contributed by atoms with Gasteiger partial charge in [-0.3, -0.25) is 0 Å². The highest BCUT2D eigenvalue weighted by Gasteiger charge is 2.26. The van der Waals surface area contributed by atoms with Gasteiger partial charge in [-0.05, 0) is 43.0 Å². The zero-order chi connectivity index (χ0) is 13.0. The standard InChI is InChI=1S/C15H20N2O/c1-2-11-7-8-17-14(9-11)15(18)13-5-3-12(10-16)4-6-13/h3-6,11,14-15,17-18H,2,7-9H2,1H3. The number of aliphatic hydroxyl groups is 1. The molecule has 1 aliphatic heterocycles. The molecule has 0 amide bonds. The Labute approximate surface area is 108 Å². The van der Waals surface area contributed by atoms with Crippen molar-refractivity contribution in [2.75, 3.05) is 6.54 Å². The molecule has 18 heavy (non-hydrogen) atoms. The zero-order valence-corrected chi connectivity index (χ0v) is 10.8. The average molecular weight is 244 g/mol. The maximum absolute atomic E-state index is 10.4. The van der Waals surface area contributed by atoms with Crippen LogP contribution in [0.4, 0.5) is 0 Å². The van der Waals surface area contributed by atoms with Crippen molar-refractivity contribution in [3.8, 4) is 6.07 Å². The van der Waals surface area contributed by atoms with E-state index >= 15 is 0 Å². The highest BCUT2D eigenvalue weighted by atomic mass is 16.3. The molecule has 1 fully saturated rings. The predicted molar refractivity (Wildman–Crippen MR) is 70.9 cm³/mol. The first-order valence-corrected chi connectivity index (χ1v) is 6.66. The fraction of sp³-hybridized carbons (Fsp3) is 0.533. The molecule has 3 nitrogen and oxygen atoms in total. The number of nitrogens with one attached hydrogen (secondary N) is 1. The topological polar surface area (TPSA) is 56.0 Å². The largest absolute Gasteiger partial charge is 0.387 e. The molecule has 0 radical (unpaired) electrons. The summed E-state index contributed by atoms with van der Waals surface area (Å²) in [5, 5.41) is 22.5. The van der Waals surface area contributed by atoms with Crippen LogP contribution in [0, 0.1) is 17.2 Å². The molecule has 1 aliphatic rings. The first-order valence-electron chi connectivity index (χ1n) is 6.66. The highest BCUT2D eigenvalue weighted by Crippen LogP contribution is 2.27. The monoisotopic (exact) mass is 244 g/mol. The smallest absolute Gasteiger partial charge is 0.0991 e. The van der Waals surface area contributed by atoms with Crippen LogP contribution < -0.4 is 5.32 Å². The van der Waals surface area contributed by atoms with Gasteiger partial charge in [0.2, 0.25) is 0 Å².